The van der Waals surface area contributed by atoms with Crippen molar-refractivity contribution in [2.45, 2.75) is 13.8 Å². The molecule has 0 unspecified atom stereocenters. The Balaban J connectivity index is 0.000000555. The second-order valence-electron chi connectivity index (χ2n) is 2.99. The van der Waals surface area contributed by atoms with Crippen LogP contribution in [-0.2, 0) is 4.74 Å². The Labute approximate surface area is 110 Å². The van der Waals surface area contributed by atoms with Gasteiger partial charge in [0, 0.05) is 13.2 Å². The number of rotatable bonds is 4. The molecule has 0 spiro atoms. The molecule has 0 heterocycles. The van der Waals surface area contributed by atoms with E-state index in [1.165, 1.54) is 24.3 Å². The molecule has 7 nitrogen and oxygen atoms in total. The van der Waals surface area contributed by atoms with Gasteiger partial charge in [-0.25, -0.2) is 9.59 Å². The van der Waals surface area contributed by atoms with Gasteiger partial charge in [0.05, 0.1) is 0 Å². The van der Waals surface area contributed by atoms with Crippen molar-refractivity contribution in [3.63, 3.8) is 0 Å². The molecular formula is C12H16O7. The van der Waals surface area contributed by atoms with Crippen LogP contribution in [0.3, 0.4) is 0 Å². The summed E-state index contributed by atoms with van der Waals surface area (Å²) in [5.41, 5.74) is 0. The van der Waals surface area contributed by atoms with E-state index < -0.39 is 12.3 Å². The maximum absolute atomic E-state index is 10.1. The normalized spacial score (nSPS) is 8.95. The van der Waals surface area contributed by atoms with Crippen molar-refractivity contribution in [2.75, 3.05) is 13.2 Å². The van der Waals surface area contributed by atoms with Gasteiger partial charge >= 0.3 is 12.3 Å². The second kappa shape index (κ2) is 9.72. The predicted molar refractivity (Wildman–Crippen MR) is 65.9 cm³/mol. The molecule has 1 rings (SSSR count). The summed E-state index contributed by atoms with van der Waals surface area (Å²) in [4.78, 5) is 20.2. The van der Waals surface area contributed by atoms with Crippen LogP contribution < -0.4 is 9.47 Å². The Morgan fingerprint density at radius 2 is 1.21 bits per heavy atom. The molecule has 0 aliphatic heterocycles. The summed E-state index contributed by atoms with van der Waals surface area (Å²) in [6.45, 7) is 5.67. The molecule has 0 aromatic heterocycles. The molecule has 0 bridgehead atoms. The monoisotopic (exact) mass is 272 g/mol. The van der Waals surface area contributed by atoms with E-state index in [9.17, 15) is 9.59 Å². The molecule has 106 valence electrons. The predicted octanol–water partition coefficient (Wildman–Crippen LogP) is 2.84. The molecular weight excluding hydrogens is 256 g/mol. The van der Waals surface area contributed by atoms with Gasteiger partial charge in [-0.3, -0.25) is 0 Å². The Hall–Kier alpha value is -2.28. The summed E-state index contributed by atoms with van der Waals surface area (Å²) in [5.74, 6) is 0.186. The molecule has 19 heavy (non-hydrogen) atoms. The zero-order valence-corrected chi connectivity index (χ0v) is 10.7. The standard InChI is InChI=1S/C8H6O6.C4H10O/c9-7(10)13-5-1-2-6(4-3-5)14-8(11)12;1-3-5-4-2/h1-4H,(H,9,10)(H,11,12);3-4H2,1-2H3. The molecule has 0 atom stereocenters. The maximum atomic E-state index is 10.1. The Morgan fingerprint density at radius 3 is 1.37 bits per heavy atom. The summed E-state index contributed by atoms with van der Waals surface area (Å²) >= 11 is 0. The molecule has 0 fully saturated rings. The van der Waals surface area contributed by atoms with Gasteiger partial charge in [-0.05, 0) is 38.1 Å². The van der Waals surface area contributed by atoms with Crippen molar-refractivity contribution in [3.8, 4) is 11.5 Å². The minimum Gasteiger partial charge on any atom is -0.449 e. The van der Waals surface area contributed by atoms with Crippen LogP contribution >= 0.6 is 0 Å². The second-order valence-corrected chi connectivity index (χ2v) is 2.99. The molecule has 1 aromatic carbocycles. The molecule has 0 aliphatic carbocycles. The molecule has 7 heteroatoms. The van der Waals surface area contributed by atoms with Crippen LogP contribution in [0.5, 0.6) is 11.5 Å². The number of hydrogen-bond acceptors (Lipinski definition) is 5. The van der Waals surface area contributed by atoms with E-state index in [0.29, 0.717) is 0 Å². The highest BCUT2D eigenvalue weighted by atomic mass is 16.7. The highest BCUT2D eigenvalue weighted by molar-refractivity contribution is 5.62. The van der Waals surface area contributed by atoms with Gasteiger partial charge in [0.1, 0.15) is 11.5 Å². The third-order valence-corrected chi connectivity index (χ3v) is 1.64. The summed E-state index contributed by atoms with van der Waals surface area (Å²) < 4.78 is 13.4. The van der Waals surface area contributed by atoms with E-state index in [1.54, 1.807) is 0 Å². The highest BCUT2D eigenvalue weighted by Gasteiger charge is 2.03. The molecule has 2 N–H and O–H groups in total. The molecule has 1 aromatic rings. The summed E-state index contributed by atoms with van der Waals surface area (Å²) in [5, 5.41) is 16.5. The van der Waals surface area contributed by atoms with Crippen LogP contribution in [-0.4, -0.2) is 35.7 Å². The lowest BCUT2D eigenvalue weighted by Crippen LogP contribution is -2.04. The van der Waals surface area contributed by atoms with Gasteiger partial charge < -0.3 is 24.4 Å². The van der Waals surface area contributed by atoms with Crippen LogP contribution in [0.25, 0.3) is 0 Å². The van der Waals surface area contributed by atoms with Crippen molar-refractivity contribution < 1.29 is 34.0 Å². The van der Waals surface area contributed by atoms with Crippen LogP contribution in [0.4, 0.5) is 9.59 Å². The summed E-state index contributed by atoms with van der Waals surface area (Å²) in [7, 11) is 0. The number of ether oxygens (including phenoxy) is 3. The zero-order chi connectivity index (χ0) is 14.7. The first-order valence-electron chi connectivity index (χ1n) is 5.48. The first kappa shape index (κ1) is 16.7. The number of benzene rings is 1. The average Bonchev–Trinajstić information content (AvgIpc) is 2.32. The summed E-state index contributed by atoms with van der Waals surface area (Å²) in [6.07, 6.45) is -2.87. The molecule has 0 aliphatic rings. The fraction of sp³-hybridized carbons (Fsp3) is 0.333. The van der Waals surface area contributed by atoms with Crippen LogP contribution in [0, 0.1) is 0 Å². The first-order valence-corrected chi connectivity index (χ1v) is 5.48. The van der Waals surface area contributed by atoms with Crippen molar-refractivity contribution in [1.82, 2.24) is 0 Å². The van der Waals surface area contributed by atoms with Crippen molar-refractivity contribution in [1.29, 1.82) is 0 Å². The van der Waals surface area contributed by atoms with Gasteiger partial charge in [0.25, 0.3) is 0 Å². The van der Waals surface area contributed by atoms with E-state index in [4.69, 9.17) is 14.9 Å². The smallest absolute Gasteiger partial charge is 0.449 e. The minimum atomic E-state index is -1.43. The van der Waals surface area contributed by atoms with Gasteiger partial charge in [-0.1, -0.05) is 0 Å². The quantitative estimate of drug-likeness (QED) is 0.641. The Morgan fingerprint density at radius 1 is 0.895 bits per heavy atom. The fourth-order valence-corrected chi connectivity index (χ4v) is 0.981. The van der Waals surface area contributed by atoms with Gasteiger partial charge in [0.15, 0.2) is 0 Å². The summed E-state index contributed by atoms with van der Waals surface area (Å²) in [6, 6.07) is 5.14. The van der Waals surface area contributed by atoms with Crippen LogP contribution in [0.1, 0.15) is 13.8 Å². The van der Waals surface area contributed by atoms with Gasteiger partial charge in [0.2, 0.25) is 0 Å². The van der Waals surface area contributed by atoms with E-state index in [0.717, 1.165) is 13.2 Å². The van der Waals surface area contributed by atoms with Crippen molar-refractivity contribution >= 4 is 12.3 Å². The largest absolute Gasteiger partial charge is 0.511 e. The van der Waals surface area contributed by atoms with E-state index in [-0.39, 0.29) is 11.5 Å². The topological polar surface area (TPSA) is 102 Å². The highest BCUT2D eigenvalue weighted by Crippen LogP contribution is 2.17. The fourth-order valence-electron chi connectivity index (χ4n) is 0.981. The average molecular weight is 272 g/mol. The lowest BCUT2D eigenvalue weighted by atomic mass is 10.3. The number of carboxylic acid groups (broad SMARTS) is 2. The Bertz CT molecular complexity index is 349. The van der Waals surface area contributed by atoms with Crippen LogP contribution in [0.2, 0.25) is 0 Å². The molecule has 0 saturated carbocycles. The lowest BCUT2D eigenvalue weighted by molar-refractivity contribution is 0.141. The zero-order valence-electron chi connectivity index (χ0n) is 10.7. The maximum Gasteiger partial charge on any atom is 0.511 e. The van der Waals surface area contributed by atoms with Gasteiger partial charge in [-0.2, -0.15) is 0 Å². The lowest BCUT2D eigenvalue weighted by Gasteiger charge is -2.01. The van der Waals surface area contributed by atoms with Gasteiger partial charge in [-0.15, -0.1) is 0 Å². The SMILES string of the molecule is CCOCC.O=C(O)Oc1ccc(OC(=O)O)cc1. The minimum absolute atomic E-state index is 0.0928. The van der Waals surface area contributed by atoms with Crippen molar-refractivity contribution in [2.24, 2.45) is 0 Å². The number of hydrogen-bond donors (Lipinski definition) is 2. The molecule has 0 radical (unpaired) electrons. The first-order chi connectivity index (χ1) is 8.99. The van der Waals surface area contributed by atoms with Crippen molar-refractivity contribution in [3.05, 3.63) is 24.3 Å². The third-order valence-electron chi connectivity index (χ3n) is 1.64. The van der Waals surface area contributed by atoms with E-state index >= 15 is 0 Å². The molecule has 0 amide bonds. The third kappa shape index (κ3) is 9.42. The molecule has 0 saturated heterocycles. The van der Waals surface area contributed by atoms with E-state index in [1.807, 2.05) is 13.8 Å². The Kier molecular flexibility index (Phi) is 8.55. The van der Waals surface area contributed by atoms with Crippen LogP contribution in [0.15, 0.2) is 24.3 Å². The number of carbonyl (C=O) groups is 2. The van der Waals surface area contributed by atoms with E-state index in [2.05, 4.69) is 9.47 Å².